The lowest BCUT2D eigenvalue weighted by Crippen LogP contribution is -2.35. The van der Waals surface area contributed by atoms with E-state index >= 15 is 0 Å². The molecule has 1 aromatic rings. The van der Waals surface area contributed by atoms with Gasteiger partial charge in [0.25, 0.3) is 0 Å². The average Bonchev–Trinajstić information content (AvgIpc) is 2.64. The minimum atomic E-state index is -0.228. The van der Waals surface area contributed by atoms with Crippen LogP contribution in [0.5, 0.6) is 0 Å². The zero-order chi connectivity index (χ0) is 14.1. The Kier molecular flexibility index (Phi) is 3.68. The maximum Gasteiger partial charge on any atom is 0.221 e. The first-order valence-electron chi connectivity index (χ1n) is 6.76. The van der Waals surface area contributed by atoms with Gasteiger partial charge in [0.2, 0.25) is 5.91 Å². The van der Waals surface area contributed by atoms with Crippen molar-refractivity contribution in [2.24, 2.45) is 5.41 Å². The molecule has 2 rings (SSSR count). The molecule has 0 spiro atoms. The maximum atomic E-state index is 11.9. The largest absolute Gasteiger partial charge is 0.379 e. The number of nitrogens with one attached hydrogen (secondary N) is 1. The quantitative estimate of drug-likeness (QED) is 0.904. The van der Waals surface area contributed by atoms with Crippen LogP contribution in [0.2, 0.25) is 0 Å². The number of methoxy groups -OCH3 is 1. The molecule has 0 aromatic heterocycles. The van der Waals surface area contributed by atoms with Gasteiger partial charge in [0.05, 0.1) is 11.6 Å². The van der Waals surface area contributed by atoms with E-state index in [0.717, 1.165) is 6.42 Å². The Bertz CT molecular complexity index is 455. The average molecular weight is 261 g/mol. The first-order valence-corrected chi connectivity index (χ1v) is 6.76. The van der Waals surface area contributed by atoms with Crippen LogP contribution in [0.4, 0.5) is 0 Å². The molecule has 2 atom stereocenters. The van der Waals surface area contributed by atoms with Crippen LogP contribution in [0.25, 0.3) is 0 Å². The fourth-order valence-corrected chi connectivity index (χ4v) is 3.20. The Hall–Kier alpha value is -1.35. The predicted octanol–water partition coefficient (Wildman–Crippen LogP) is 3.07. The van der Waals surface area contributed by atoms with E-state index in [0.29, 0.717) is 6.42 Å². The van der Waals surface area contributed by atoms with Crippen molar-refractivity contribution in [2.45, 2.75) is 45.3 Å². The van der Waals surface area contributed by atoms with E-state index in [1.54, 1.807) is 7.11 Å². The second-order valence-electron chi connectivity index (χ2n) is 6.38. The Labute approximate surface area is 115 Å². The molecule has 0 aliphatic carbocycles. The van der Waals surface area contributed by atoms with E-state index in [2.05, 4.69) is 38.2 Å². The van der Waals surface area contributed by atoms with Gasteiger partial charge in [0, 0.05) is 18.9 Å². The molecule has 1 aliphatic rings. The molecule has 0 radical (unpaired) electrons. The van der Waals surface area contributed by atoms with E-state index in [1.807, 2.05) is 18.2 Å². The molecule has 104 valence electrons. The highest BCUT2D eigenvalue weighted by molar-refractivity contribution is 5.80. The third kappa shape index (κ3) is 2.98. The number of hydrogen-bond acceptors (Lipinski definition) is 2. The van der Waals surface area contributed by atoms with Crippen molar-refractivity contribution in [3.8, 4) is 0 Å². The second-order valence-corrected chi connectivity index (χ2v) is 6.38. The summed E-state index contributed by atoms with van der Waals surface area (Å²) >= 11 is 0. The van der Waals surface area contributed by atoms with Gasteiger partial charge in [-0.05, 0) is 25.8 Å². The summed E-state index contributed by atoms with van der Waals surface area (Å²) in [5.41, 5.74) is 0.828. The molecular weight excluding hydrogens is 238 g/mol. The zero-order valence-electron chi connectivity index (χ0n) is 12.2. The van der Waals surface area contributed by atoms with Crippen LogP contribution in [-0.2, 0) is 9.53 Å². The molecule has 1 heterocycles. The normalized spacial score (nSPS) is 27.4. The number of benzene rings is 1. The van der Waals surface area contributed by atoms with Crippen molar-refractivity contribution in [2.75, 3.05) is 7.11 Å². The number of carbonyl (C=O) groups excluding carboxylic acids is 1. The van der Waals surface area contributed by atoms with Gasteiger partial charge >= 0.3 is 0 Å². The topological polar surface area (TPSA) is 38.3 Å². The van der Waals surface area contributed by atoms with Gasteiger partial charge < -0.3 is 10.1 Å². The number of amides is 1. The van der Waals surface area contributed by atoms with E-state index < -0.39 is 0 Å². The van der Waals surface area contributed by atoms with Gasteiger partial charge in [-0.3, -0.25) is 4.79 Å². The summed E-state index contributed by atoms with van der Waals surface area (Å²) in [7, 11) is 1.73. The van der Waals surface area contributed by atoms with E-state index in [1.165, 1.54) is 5.56 Å². The van der Waals surface area contributed by atoms with E-state index in [-0.39, 0.29) is 23.0 Å². The van der Waals surface area contributed by atoms with Gasteiger partial charge in [-0.1, -0.05) is 37.3 Å². The van der Waals surface area contributed by atoms with Gasteiger partial charge in [-0.2, -0.15) is 0 Å². The summed E-state index contributed by atoms with van der Waals surface area (Å²) < 4.78 is 5.55. The maximum absolute atomic E-state index is 11.9. The van der Waals surface area contributed by atoms with Gasteiger partial charge in [0.1, 0.15) is 0 Å². The molecule has 1 aliphatic heterocycles. The molecule has 2 unspecified atom stereocenters. The zero-order valence-corrected chi connectivity index (χ0v) is 12.2. The molecule has 0 bridgehead atoms. The summed E-state index contributed by atoms with van der Waals surface area (Å²) in [5.74, 6) is 0.128. The van der Waals surface area contributed by atoms with Crippen molar-refractivity contribution in [3.05, 3.63) is 35.9 Å². The first-order chi connectivity index (χ1) is 8.86. The minimum absolute atomic E-state index is 0.0654. The number of rotatable bonds is 4. The van der Waals surface area contributed by atoms with Crippen LogP contribution >= 0.6 is 0 Å². The van der Waals surface area contributed by atoms with Crippen molar-refractivity contribution >= 4 is 5.91 Å². The lowest BCUT2D eigenvalue weighted by molar-refractivity contribution is -0.120. The summed E-state index contributed by atoms with van der Waals surface area (Å²) in [6.07, 6.45) is 1.40. The number of hydrogen-bond donors (Lipinski definition) is 1. The molecular formula is C16H23NO2. The highest BCUT2D eigenvalue weighted by atomic mass is 16.5. The fraction of sp³-hybridized carbons (Fsp3) is 0.562. The van der Waals surface area contributed by atoms with Crippen LogP contribution in [0.3, 0.4) is 0 Å². The lowest BCUT2D eigenvalue weighted by atomic mass is 9.72. The van der Waals surface area contributed by atoms with Crippen molar-refractivity contribution in [3.63, 3.8) is 0 Å². The highest BCUT2D eigenvalue weighted by Crippen LogP contribution is 2.47. The molecule has 0 saturated carbocycles. The smallest absolute Gasteiger partial charge is 0.221 e. The minimum Gasteiger partial charge on any atom is -0.379 e. The SMILES string of the molecule is COC(C)(C)CC1(C)CC(=O)NC1c1ccccc1. The van der Waals surface area contributed by atoms with E-state index in [4.69, 9.17) is 4.74 Å². The molecule has 1 amide bonds. The second kappa shape index (κ2) is 4.97. The molecule has 1 saturated heterocycles. The third-order valence-electron chi connectivity index (χ3n) is 4.08. The van der Waals surface area contributed by atoms with Crippen LogP contribution in [0.15, 0.2) is 30.3 Å². The van der Waals surface area contributed by atoms with Gasteiger partial charge in [-0.15, -0.1) is 0 Å². The fourth-order valence-electron chi connectivity index (χ4n) is 3.20. The lowest BCUT2D eigenvalue weighted by Gasteiger charge is -2.37. The Morgan fingerprint density at radius 2 is 2.00 bits per heavy atom. The third-order valence-corrected chi connectivity index (χ3v) is 4.08. The summed E-state index contributed by atoms with van der Waals surface area (Å²) in [5, 5.41) is 3.11. The van der Waals surface area contributed by atoms with Gasteiger partial charge in [0.15, 0.2) is 0 Å². The molecule has 1 fully saturated rings. The van der Waals surface area contributed by atoms with Crippen molar-refractivity contribution in [1.29, 1.82) is 0 Å². The van der Waals surface area contributed by atoms with Crippen molar-refractivity contribution < 1.29 is 9.53 Å². The van der Waals surface area contributed by atoms with Crippen LogP contribution in [-0.4, -0.2) is 18.6 Å². The van der Waals surface area contributed by atoms with E-state index in [9.17, 15) is 4.79 Å². The highest BCUT2D eigenvalue weighted by Gasteiger charge is 2.46. The Morgan fingerprint density at radius 3 is 2.58 bits per heavy atom. The predicted molar refractivity (Wildman–Crippen MR) is 75.8 cm³/mol. The van der Waals surface area contributed by atoms with Crippen molar-refractivity contribution in [1.82, 2.24) is 5.32 Å². The first kappa shape index (κ1) is 14.1. The number of ether oxygens (including phenoxy) is 1. The molecule has 3 nitrogen and oxygen atoms in total. The Morgan fingerprint density at radius 1 is 1.37 bits per heavy atom. The summed E-state index contributed by atoms with van der Waals surface area (Å²) in [4.78, 5) is 11.9. The monoisotopic (exact) mass is 261 g/mol. The number of carbonyl (C=O) groups is 1. The molecule has 3 heteroatoms. The molecule has 19 heavy (non-hydrogen) atoms. The van der Waals surface area contributed by atoms with Crippen LogP contribution in [0.1, 0.15) is 45.2 Å². The van der Waals surface area contributed by atoms with Gasteiger partial charge in [-0.25, -0.2) is 0 Å². The Balaban J connectivity index is 2.29. The van der Waals surface area contributed by atoms with Crippen LogP contribution in [0, 0.1) is 5.41 Å². The summed E-state index contributed by atoms with van der Waals surface area (Å²) in [6.45, 7) is 6.32. The standard InChI is InChI=1S/C16H23NO2/c1-15(2,19-4)11-16(3)10-13(18)17-14(16)12-8-6-5-7-9-12/h5-9,14H,10-11H2,1-4H3,(H,17,18). The molecule has 1 N–H and O–H groups in total. The molecule has 1 aromatic carbocycles. The van der Waals surface area contributed by atoms with Crippen LogP contribution < -0.4 is 5.32 Å². The summed E-state index contributed by atoms with van der Waals surface area (Å²) in [6, 6.07) is 10.2.